The van der Waals surface area contributed by atoms with Gasteiger partial charge in [-0.2, -0.15) is 0 Å². The maximum Gasteiger partial charge on any atom is 0.223 e. The van der Waals surface area contributed by atoms with Crippen molar-refractivity contribution in [3.05, 3.63) is 35.9 Å². The average molecular weight is 289 g/mol. The molecule has 0 spiro atoms. The van der Waals surface area contributed by atoms with Gasteiger partial charge in [0.2, 0.25) is 5.91 Å². The van der Waals surface area contributed by atoms with Gasteiger partial charge in [-0.3, -0.25) is 4.79 Å². The molecule has 2 unspecified atom stereocenters. The Hall–Kier alpha value is -1.39. The van der Waals surface area contributed by atoms with E-state index in [2.05, 4.69) is 35.9 Å². The third-order valence-corrected chi connectivity index (χ3v) is 4.34. The monoisotopic (exact) mass is 289 g/mol. The number of piperazine rings is 1. The zero-order valence-corrected chi connectivity index (χ0v) is 13.2. The van der Waals surface area contributed by atoms with Crippen molar-refractivity contribution in [1.82, 2.24) is 9.80 Å². The number of nitrogens with two attached hydrogens (primary N) is 1. The molecule has 1 heterocycles. The molecule has 1 saturated heterocycles. The molecular weight excluding hydrogens is 262 g/mol. The third-order valence-electron chi connectivity index (χ3n) is 4.34. The van der Waals surface area contributed by atoms with Crippen molar-refractivity contribution in [3.63, 3.8) is 0 Å². The fraction of sp³-hybridized carbons (Fsp3) is 0.588. The highest BCUT2D eigenvalue weighted by Crippen LogP contribution is 2.26. The highest BCUT2D eigenvalue weighted by molar-refractivity contribution is 5.77. The molecule has 2 atom stereocenters. The van der Waals surface area contributed by atoms with Crippen LogP contribution < -0.4 is 5.73 Å². The Kier molecular flexibility index (Phi) is 5.76. The van der Waals surface area contributed by atoms with Gasteiger partial charge >= 0.3 is 0 Å². The Morgan fingerprint density at radius 3 is 2.71 bits per heavy atom. The summed E-state index contributed by atoms with van der Waals surface area (Å²) < 4.78 is 0. The van der Waals surface area contributed by atoms with Crippen LogP contribution in [-0.4, -0.2) is 48.9 Å². The molecule has 2 N–H and O–H groups in total. The molecule has 1 fully saturated rings. The zero-order valence-electron chi connectivity index (χ0n) is 13.2. The van der Waals surface area contributed by atoms with E-state index in [1.54, 1.807) is 0 Å². The normalized spacial score (nSPS) is 21.3. The summed E-state index contributed by atoms with van der Waals surface area (Å²) in [6.07, 6.45) is 1.48. The van der Waals surface area contributed by atoms with Crippen molar-refractivity contribution in [2.75, 3.05) is 33.2 Å². The van der Waals surface area contributed by atoms with Crippen LogP contribution in [0.5, 0.6) is 0 Å². The largest absolute Gasteiger partial charge is 0.333 e. The number of benzene rings is 1. The minimum atomic E-state index is 0.172. The maximum absolute atomic E-state index is 12.6. The summed E-state index contributed by atoms with van der Waals surface area (Å²) in [5.41, 5.74) is 6.87. The van der Waals surface area contributed by atoms with Gasteiger partial charge in [-0.15, -0.1) is 0 Å². The number of hydrogen-bond acceptors (Lipinski definition) is 3. The molecule has 0 bridgehead atoms. The molecule has 1 aromatic carbocycles. The lowest BCUT2D eigenvalue weighted by Crippen LogP contribution is -2.49. The SMILES string of the molecule is CC(CN)CCC(=O)N1CCN(C)CC1c1ccccc1. The van der Waals surface area contributed by atoms with Crippen LogP contribution in [0.1, 0.15) is 31.4 Å². The Labute approximate surface area is 127 Å². The number of rotatable bonds is 5. The predicted octanol–water partition coefficient (Wildman–Crippen LogP) is 1.88. The van der Waals surface area contributed by atoms with Crippen LogP contribution in [0.15, 0.2) is 30.3 Å². The second-order valence-electron chi connectivity index (χ2n) is 6.16. The minimum absolute atomic E-state index is 0.172. The molecule has 1 aliphatic heterocycles. The quantitative estimate of drug-likeness (QED) is 0.900. The molecule has 0 aliphatic carbocycles. The molecule has 0 saturated carbocycles. The molecule has 4 nitrogen and oxygen atoms in total. The smallest absolute Gasteiger partial charge is 0.223 e. The van der Waals surface area contributed by atoms with Crippen molar-refractivity contribution in [2.24, 2.45) is 11.7 Å². The van der Waals surface area contributed by atoms with E-state index in [9.17, 15) is 4.79 Å². The molecule has 4 heteroatoms. The van der Waals surface area contributed by atoms with Crippen LogP contribution in [0.3, 0.4) is 0 Å². The van der Waals surface area contributed by atoms with E-state index >= 15 is 0 Å². The van der Waals surface area contributed by atoms with Crippen LogP contribution >= 0.6 is 0 Å². The lowest BCUT2D eigenvalue weighted by Gasteiger charge is -2.40. The Bertz CT molecular complexity index is 449. The first-order valence-corrected chi connectivity index (χ1v) is 7.85. The lowest BCUT2D eigenvalue weighted by atomic mass is 10.0. The Morgan fingerprint density at radius 2 is 2.05 bits per heavy atom. The van der Waals surface area contributed by atoms with Gasteiger partial charge in [-0.25, -0.2) is 0 Å². The van der Waals surface area contributed by atoms with Gasteiger partial charge in [0.05, 0.1) is 6.04 Å². The summed E-state index contributed by atoms with van der Waals surface area (Å²) in [5, 5.41) is 0. The van der Waals surface area contributed by atoms with Crippen LogP contribution in [0.4, 0.5) is 0 Å². The van der Waals surface area contributed by atoms with Crippen molar-refractivity contribution in [2.45, 2.75) is 25.8 Å². The second-order valence-corrected chi connectivity index (χ2v) is 6.16. The summed E-state index contributed by atoms with van der Waals surface area (Å²) in [5.74, 6) is 0.675. The highest BCUT2D eigenvalue weighted by atomic mass is 16.2. The van der Waals surface area contributed by atoms with Gasteiger partial charge in [-0.1, -0.05) is 37.3 Å². The highest BCUT2D eigenvalue weighted by Gasteiger charge is 2.29. The number of carbonyl (C=O) groups is 1. The number of carbonyl (C=O) groups excluding carboxylic acids is 1. The Balaban J connectivity index is 2.06. The molecule has 2 rings (SSSR count). The first-order valence-electron chi connectivity index (χ1n) is 7.85. The molecule has 116 valence electrons. The minimum Gasteiger partial charge on any atom is -0.333 e. The first kappa shape index (κ1) is 16.0. The van der Waals surface area contributed by atoms with Crippen molar-refractivity contribution >= 4 is 5.91 Å². The standard InChI is InChI=1S/C17H27N3O/c1-14(12-18)8-9-17(21)20-11-10-19(2)13-16(20)15-6-4-3-5-7-15/h3-7,14,16H,8-13,18H2,1-2H3. The molecule has 0 aromatic heterocycles. The summed E-state index contributed by atoms with van der Waals surface area (Å²) in [6, 6.07) is 10.5. The molecular formula is C17H27N3O. The molecule has 1 aromatic rings. The van der Waals surface area contributed by atoms with Gasteiger partial charge in [0.25, 0.3) is 0 Å². The number of nitrogens with zero attached hydrogens (tertiary/aromatic N) is 2. The third kappa shape index (κ3) is 4.29. The van der Waals surface area contributed by atoms with Crippen LogP contribution in [0, 0.1) is 5.92 Å². The van der Waals surface area contributed by atoms with E-state index in [1.165, 1.54) is 5.56 Å². The average Bonchev–Trinajstić information content (AvgIpc) is 2.53. The van der Waals surface area contributed by atoms with Crippen LogP contribution in [-0.2, 0) is 4.79 Å². The van der Waals surface area contributed by atoms with E-state index < -0.39 is 0 Å². The lowest BCUT2D eigenvalue weighted by molar-refractivity contribution is -0.136. The van der Waals surface area contributed by atoms with Gasteiger partial charge in [0.1, 0.15) is 0 Å². The molecule has 1 amide bonds. The molecule has 0 radical (unpaired) electrons. The van der Waals surface area contributed by atoms with Gasteiger partial charge < -0.3 is 15.5 Å². The van der Waals surface area contributed by atoms with E-state index in [1.807, 2.05) is 18.2 Å². The van der Waals surface area contributed by atoms with E-state index in [0.717, 1.165) is 26.1 Å². The van der Waals surface area contributed by atoms with E-state index in [0.29, 0.717) is 18.9 Å². The fourth-order valence-electron chi connectivity index (χ4n) is 2.81. The summed E-state index contributed by atoms with van der Waals surface area (Å²) in [6.45, 7) is 5.42. The Morgan fingerprint density at radius 1 is 1.33 bits per heavy atom. The number of likely N-dealkylation sites (N-methyl/N-ethyl adjacent to an activating group) is 1. The topological polar surface area (TPSA) is 49.6 Å². The molecule has 1 aliphatic rings. The van der Waals surface area contributed by atoms with Crippen molar-refractivity contribution < 1.29 is 4.79 Å². The maximum atomic E-state index is 12.6. The number of hydrogen-bond donors (Lipinski definition) is 1. The summed E-state index contributed by atoms with van der Waals surface area (Å²) in [7, 11) is 2.12. The summed E-state index contributed by atoms with van der Waals surface area (Å²) >= 11 is 0. The van der Waals surface area contributed by atoms with Gasteiger partial charge in [0, 0.05) is 26.1 Å². The first-order chi connectivity index (χ1) is 10.1. The predicted molar refractivity (Wildman–Crippen MR) is 85.8 cm³/mol. The van der Waals surface area contributed by atoms with Crippen molar-refractivity contribution in [3.8, 4) is 0 Å². The van der Waals surface area contributed by atoms with E-state index in [-0.39, 0.29) is 11.9 Å². The van der Waals surface area contributed by atoms with E-state index in [4.69, 9.17) is 5.73 Å². The second kappa shape index (κ2) is 7.57. The summed E-state index contributed by atoms with van der Waals surface area (Å²) in [4.78, 5) is 16.9. The van der Waals surface area contributed by atoms with Crippen LogP contribution in [0.2, 0.25) is 0 Å². The van der Waals surface area contributed by atoms with Crippen molar-refractivity contribution in [1.29, 1.82) is 0 Å². The number of amides is 1. The van der Waals surface area contributed by atoms with Crippen LogP contribution in [0.25, 0.3) is 0 Å². The van der Waals surface area contributed by atoms with Gasteiger partial charge in [0.15, 0.2) is 0 Å². The van der Waals surface area contributed by atoms with Gasteiger partial charge in [-0.05, 0) is 31.5 Å². The zero-order chi connectivity index (χ0) is 15.2. The molecule has 21 heavy (non-hydrogen) atoms. The fourth-order valence-corrected chi connectivity index (χ4v) is 2.81.